The molecule has 138 valence electrons. The van der Waals surface area contributed by atoms with E-state index in [-0.39, 0.29) is 11.2 Å². The third-order valence-electron chi connectivity index (χ3n) is 5.50. The van der Waals surface area contributed by atoms with Crippen molar-refractivity contribution in [2.45, 2.75) is 22.6 Å². The summed E-state index contributed by atoms with van der Waals surface area (Å²) >= 11 is 1.66. The Labute approximate surface area is 161 Å². The molecule has 4 heterocycles. The quantitative estimate of drug-likeness (QED) is 0.629. The molecule has 2 aromatic heterocycles. The van der Waals surface area contributed by atoms with Crippen molar-refractivity contribution in [1.29, 1.82) is 0 Å². The second-order valence-electron chi connectivity index (χ2n) is 7.14. The summed E-state index contributed by atoms with van der Waals surface area (Å²) in [5.41, 5.74) is 3.76. The van der Waals surface area contributed by atoms with Gasteiger partial charge in [-0.15, -0.1) is 0 Å². The molecule has 1 saturated heterocycles. The van der Waals surface area contributed by atoms with Crippen LogP contribution in [0.1, 0.15) is 17.0 Å². The van der Waals surface area contributed by atoms with Crippen LogP contribution in [0.15, 0.2) is 58.3 Å². The third-order valence-corrected chi connectivity index (χ3v) is 8.49. The predicted octanol–water partition coefficient (Wildman–Crippen LogP) is 3.70. The molecular formula is C20H17FN2O2S2. The number of rotatable bonds is 3. The minimum Gasteiger partial charge on any atom is -0.297 e. The molecule has 2 atom stereocenters. The van der Waals surface area contributed by atoms with Gasteiger partial charge in [-0.05, 0) is 57.8 Å². The lowest BCUT2D eigenvalue weighted by molar-refractivity contribution is 0.326. The van der Waals surface area contributed by atoms with E-state index < -0.39 is 15.8 Å². The molecule has 1 fully saturated rings. The van der Waals surface area contributed by atoms with Gasteiger partial charge in [0.2, 0.25) is 5.95 Å². The summed E-state index contributed by atoms with van der Waals surface area (Å²) in [6, 6.07) is 10.5. The van der Waals surface area contributed by atoms with Gasteiger partial charge in [-0.2, -0.15) is 15.7 Å². The van der Waals surface area contributed by atoms with Gasteiger partial charge in [0.25, 0.3) is 0 Å². The highest BCUT2D eigenvalue weighted by atomic mass is 32.2. The first-order valence-corrected chi connectivity index (χ1v) is 11.2. The van der Waals surface area contributed by atoms with E-state index in [1.165, 1.54) is 17.8 Å². The Bertz CT molecular complexity index is 1100. The lowest BCUT2D eigenvalue weighted by Crippen LogP contribution is -2.25. The number of fused-ring (bicyclic) bond motifs is 3. The molecule has 3 aromatic rings. The summed E-state index contributed by atoms with van der Waals surface area (Å²) in [4.78, 5) is 6.38. The van der Waals surface area contributed by atoms with Gasteiger partial charge in [-0.25, -0.2) is 13.4 Å². The number of halogens is 1. The van der Waals surface area contributed by atoms with Crippen LogP contribution >= 0.6 is 11.3 Å². The number of hydrogen-bond donors (Lipinski definition) is 0. The van der Waals surface area contributed by atoms with Gasteiger partial charge in [0.05, 0.1) is 10.1 Å². The Kier molecular flexibility index (Phi) is 3.93. The molecule has 0 unspecified atom stereocenters. The fourth-order valence-electron chi connectivity index (χ4n) is 4.22. The van der Waals surface area contributed by atoms with Gasteiger partial charge in [-0.3, -0.25) is 4.90 Å². The maximum Gasteiger partial charge on any atom is 0.212 e. The van der Waals surface area contributed by atoms with E-state index in [4.69, 9.17) is 0 Å². The zero-order valence-corrected chi connectivity index (χ0v) is 16.0. The van der Waals surface area contributed by atoms with E-state index in [0.29, 0.717) is 11.4 Å². The summed E-state index contributed by atoms with van der Waals surface area (Å²) in [5.74, 6) is -0.542. The maximum atomic E-state index is 13.1. The number of hydrogen-bond acceptors (Lipinski definition) is 5. The maximum absolute atomic E-state index is 13.1. The lowest BCUT2D eigenvalue weighted by atomic mass is 9.95. The van der Waals surface area contributed by atoms with Gasteiger partial charge in [0.15, 0.2) is 9.84 Å². The summed E-state index contributed by atoms with van der Waals surface area (Å²) in [5, 5.41) is 3.77. The number of pyridine rings is 1. The van der Waals surface area contributed by atoms with Crippen molar-refractivity contribution in [3.8, 4) is 11.1 Å². The molecule has 2 aliphatic rings. The third kappa shape index (κ3) is 2.81. The zero-order chi connectivity index (χ0) is 18.6. The van der Waals surface area contributed by atoms with Gasteiger partial charge < -0.3 is 0 Å². The van der Waals surface area contributed by atoms with Crippen molar-refractivity contribution in [2.24, 2.45) is 0 Å². The van der Waals surface area contributed by atoms with Crippen molar-refractivity contribution in [3.63, 3.8) is 0 Å². The highest BCUT2D eigenvalue weighted by molar-refractivity contribution is 7.92. The Morgan fingerprint density at radius 1 is 1.15 bits per heavy atom. The van der Waals surface area contributed by atoms with Crippen LogP contribution in [0.25, 0.3) is 11.1 Å². The molecule has 1 aromatic carbocycles. The van der Waals surface area contributed by atoms with Crippen LogP contribution < -0.4 is 0 Å². The molecule has 5 rings (SSSR count). The van der Waals surface area contributed by atoms with Crippen LogP contribution in [-0.2, 0) is 16.4 Å². The highest BCUT2D eigenvalue weighted by Gasteiger charge is 2.50. The molecule has 0 bridgehead atoms. The summed E-state index contributed by atoms with van der Waals surface area (Å²) in [6.07, 6.45) is 1.48. The number of thiophene rings is 1. The molecule has 7 heteroatoms. The first-order valence-electron chi connectivity index (χ1n) is 8.75. The molecule has 0 saturated carbocycles. The van der Waals surface area contributed by atoms with Gasteiger partial charge >= 0.3 is 0 Å². The molecule has 0 N–H and O–H groups in total. The second-order valence-corrected chi connectivity index (χ2v) is 10.1. The first-order chi connectivity index (χ1) is 13.0. The van der Waals surface area contributed by atoms with Crippen molar-refractivity contribution < 1.29 is 12.8 Å². The van der Waals surface area contributed by atoms with E-state index >= 15 is 0 Å². The molecule has 0 spiro atoms. The molecular weight excluding hydrogens is 383 g/mol. The Morgan fingerprint density at radius 3 is 2.74 bits per heavy atom. The zero-order valence-electron chi connectivity index (χ0n) is 14.4. The Balaban J connectivity index is 1.50. The monoisotopic (exact) mass is 400 g/mol. The van der Waals surface area contributed by atoms with Crippen LogP contribution in [0, 0.1) is 5.95 Å². The molecule has 2 aliphatic heterocycles. The SMILES string of the molecule is O=S1(=O)c2ccc(-c3ccc(F)nc3)cc2[C@H]2CN(Cc3ccsc3)C[C@@H]21. The lowest BCUT2D eigenvalue weighted by Gasteiger charge is -2.16. The fraction of sp³-hybridized carbons (Fsp3) is 0.250. The van der Waals surface area contributed by atoms with Crippen LogP contribution in [0.3, 0.4) is 0 Å². The normalized spacial score (nSPS) is 23.3. The predicted molar refractivity (Wildman–Crippen MR) is 103 cm³/mol. The minimum absolute atomic E-state index is 0.0167. The topological polar surface area (TPSA) is 50.3 Å². The molecule has 4 nitrogen and oxygen atoms in total. The van der Waals surface area contributed by atoms with Crippen LogP contribution in [0.4, 0.5) is 4.39 Å². The smallest absolute Gasteiger partial charge is 0.212 e. The molecule has 0 amide bonds. The van der Waals surface area contributed by atoms with E-state index in [9.17, 15) is 12.8 Å². The van der Waals surface area contributed by atoms with E-state index in [0.717, 1.165) is 29.8 Å². The van der Waals surface area contributed by atoms with E-state index in [1.807, 2.05) is 11.4 Å². The van der Waals surface area contributed by atoms with Crippen LogP contribution in [-0.4, -0.2) is 36.6 Å². The van der Waals surface area contributed by atoms with Crippen molar-refractivity contribution in [1.82, 2.24) is 9.88 Å². The highest BCUT2D eigenvalue weighted by Crippen LogP contribution is 2.46. The standard InChI is InChI=1S/C20H17FN2O2S2/c21-20-4-2-15(8-22-20)14-1-3-18-16(7-14)17-10-23(9-13-5-6-26-12-13)11-19(17)27(18,24)25/h1-8,12,17,19H,9-11H2/t17-,19+/m1/s1. The molecule has 0 radical (unpaired) electrons. The summed E-state index contributed by atoms with van der Waals surface area (Å²) in [6.45, 7) is 2.08. The average molecular weight is 401 g/mol. The average Bonchev–Trinajstić information content (AvgIpc) is 3.35. The van der Waals surface area contributed by atoms with Crippen molar-refractivity contribution >= 4 is 21.2 Å². The largest absolute Gasteiger partial charge is 0.297 e. The van der Waals surface area contributed by atoms with Crippen LogP contribution in [0.2, 0.25) is 0 Å². The van der Waals surface area contributed by atoms with Gasteiger partial charge in [-0.1, -0.05) is 6.07 Å². The van der Waals surface area contributed by atoms with Gasteiger partial charge in [0.1, 0.15) is 0 Å². The van der Waals surface area contributed by atoms with Crippen molar-refractivity contribution in [3.05, 3.63) is 70.4 Å². The minimum atomic E-state index is -3.32. The molecule has 0 aliphatic carbocycles. The van der Waals surface area contributed by atoms with E-state index in [1.54, 1.807) is 29.5 Å². The Morgan fingerprint density at radius 2 is 2.00 bits per heavy atom. The van der Waals surface area contributed by atoms with Gasteiger partial charge in [0, 0.05) is 37.3 Å². The van der Waals surface area contributed by atoms with Crippen LogP contribution in [0.5, 0.6) is 0 Å². The fourth-order valence-corrected chi connectivity index (χ4v) is 7.08. The summed E-state index contributed by atoms with van der Waals surface area (Å²) < 4.78 is 39.1. The number of sulfone groups is 1. The van der Waals surface area contributed by atoms with E-state index in [2.05, 4.69) is 21.3 Å². The second kappa shape index (κ2) is 6.22. The number of benzene rings is 1. The number of nitrogens with zero attached hydrogens (tertiary/aromatic N) is 2. The molecule has 27 heavy (non-hydrogen) atoms. The van der Waals surface area contributed by atoms with Crippen molar-refractivity contribution in [2.75, 3.05) is 13.1 Å². The Hall–Kier alpha value is -2.09. The summed E-state index contributed by atoms with van der Waals surface area (Å²) in [7, 11) is -3.32. The number of likely N-dealkylation sites (tertiary alicyclic amines) is 1. The first kappa shape index (κ1) is 17.0. The number of aromatic nitrogens is 1.